The average molecular weight is 365 g/mol. The number of nitrogens with zero attached hydrogens (tertiary/aromatic N) is 4. The summed E-state index contributed by atoms with van der Waals surface area (Å²) >= 11 is 1.57. The van der Waals surface area contributed by atoms with Crippen LogP contribution in [0.25, 0.3) is 26.3 Å². The molecule has 1 N–H and O–H groups in total. The first-order valence-corrected chi connectivity index (χ1v) is 9.67. The molecule has 0 radical (unpaired) electrons. The van der Waals surface area contributed by atoms with E-state index in [2.05, 4.69) is 22.5 Å². The van der Waals surface area contributed by atoms with E-state index in [0.29, 0.717) is 5.92 Å². The van der Waals surface area contributed by atoms with Gasteiger partial charge in [-0.1, -0.05) is 17.4 Å². The summed E-state index contributed by atoms with van der Waals surface area (Å²) in [4.78, 5) is 19.2. The smallest absolute Gasteiger partial charge is 0.258 e. The Balaban J connectivity index is 1.59. The highest BCUT2D eigenvalue weighted by Gasteiger charge is 2.19. The molecule has 6 nitrogen and oxygen atoms in total. The predicted molar refractivity (Wildman–Crippen MR) is 104 cm³/mol. The summed E-state index contributed by atoms with van der Waals surface area (Å²) in [6, 6.07) is 7.90. The van der Waals surface area contributed by atoms with E-state index in [4.69, 9.17) is 4.98 Å². The minimum Gasteiger partial charge on any atom is -0.317 e. The van der Waals surface area contributed by atoms with Gasteiger partial charge >= 0.3 is 0 Å². The zero-order chi connectivity index (χ0) is 17.7. The number of nitrogens with one attached hydrogen (secondary N) is 1. The Morgan fingerprint density at radius 3 is 2.88 bits per heavy atom. The summed E-state index contributed by atoms with van der Waals surface area (Å²) in [5.41, 5.74) is 3.01. The van der Waals surface area contributed by atoms with Gasteiger partial charge in [-0.3, -0.25) is 13.9 Å². The second-order valence-corrected chi connectivity index (χ2v) is 7.88. The van der Waals surface area contributed by atoms with Crippen molar-refractivity contribution in [1.29, 1.82) is 0 Å². The van der Waals surface area contributed by atoms with Gasteiger partial charge in [0.2, 0.25) is 0 Å². The lowest BCUT2D eigenvalue weighted by molar-refractivity contribution is 0.453. The zero-order valence-corrected chi connectivity index (χ0v) is 15.3. The van der Waals surface area contributed by atoms with Crippen molar-refractivity contribution in [3.63, 3.8) is 0 Å². The molecule has 1 fully saturated rings. The molecule has 0 bridgehead atoms. The molecule has 1 aromatic carbocycles. The third-order valence-corrected chi connectivity index (χ3v) is 6.08. The van der Waals surface area contributed by atoms with Gasteiger partial charge in [-0.05, 0) is 43.6 Å². The highest BCUT2D eigenvalue weighted by Crippen LogP contribution is 2.30. The number of piperidine rings is 1. The largest absolute Gasteiger partial charge is 0.317 e. The van der Waals surface area contributed by atoms with E-state index in [9.17, 15) is 4.79 Å². The molecule has 0 unspecified atom stereocenters. The average Bonchev–Trinajstić information content (AvgIpc) is 3.24. The Morgan fingerprint density at radius 1 is 1.19 bits per heavy atom. The molecule has 0 amide bonds. The van der Waals surface area contributed by atoms with Crippen molar-refractivity contribution in [2.75, 3.05) is 13.1 Å². The number of benzene rings is 1. The molecule has 7 heteroatoms. The molecule has 1 aliphatic rings. The fraction of sp³-hybridized carbons (Fsp3) is 0.316. The summed E-state index contributed by atoms with van der Waals surface area (Å²) in [6.07, 6.45) is 5.99. The normalized spacial score (nSPS) is 15.9. The second-order valence-electron chi connectivity index (χ2n) is 6.87. The first-order chi connectivity index (χ1) is 12.7. The highest BCUT2D eigenvalue weighted by molar-refractivity contribution is 7.20. The maximum atomic E-state index is 12.6. The van der Waals surface area contributed by atoms with E-state index in [1.165, 1.54) is 0 Å². The van der Waals surface area contributed by atoms with Gasteiger partial charge in [-0.2, -0.15) is 5.10 Å². The number of hydrogen-bond donors (Lipinski definition) is 1. The van der Waals surface area contributed by atoms with Crippen molar-refractivity contribution < 1.29 is 0 Å². The Labute approximate surface area is 154 Å². The summed E-state index contributed by atoms with van der Waals surface area (Å²) in [7, 11) is 1.92. The molecule has 3 aromatic heterocycles. The lowest BCUT2D eigenvalue weighted by atomic mass is 9.94. The van der Waals surface area contributed by atoms with Gasteiger partial charge in [0.1, 0.15) is 0 Å². The Bertz CT molecular complexity index is 1170. The number of thiazole rings is 1. The molecular formula is C19H19N5OS. The van der Waals surface area contributed by atoms with Crippen molar-refractivity contribution in [3.8, 4) is 10.4 Å². The molecule has 26 heavy (non-hydrogen) atoms. The summed E-state index contributed by atoms with van der Waals surface area (Å²) in [6.45, 7) is 1.99. The van der Waals surface area contributed by atoms with Gasteiger partial charge in [0.05, 0.1) is 16.1 Å². The lowest BCUT2D eigenvalue weighted by Crippen LogP contribution is -2.28. The molecule has 1 aliphatic heterocycles. The van der Waals surface area contributed by atoms with Crippen LogP contribution in [-0.2, 0) is 7.05 Å². The molecule has 0 spiro atoms. The lowest BCUT2D eigenvalue weighted by Gasteiger charge is -2.21. The van der Waals surface area contributed by atoms with Gasteiger partial charge in [-0.15, -0.1) is 0 Å². The molecule has 132 valence electrons. The van der Waals surface area contributed by atoms with Gasteiger partial charge in [0.15, 0.2) is 4.96 Å². The SMILES string of the molecule is Cn1cc2cc(-c3cn4c(=O)cc(C5CCNCC5)nc4s3)ccc2n1. The number of hydrogen-bond acceptors (Lipinski definition) is 5. The monoisotopic (exact) mass is 365 g/mol. The molecule has 1 saturated heterocycles. The maximum Gasteiger partial charge on any atom is 0.258 e. The van der Waals surface area contributed by atoms with Crippen molar-refractivity contribution in [1.82, 2.24) is 24.5 Å². The quantitative estimate of drug-likeness (QED) is 0.593. The topological polar surface area (TPSA) is 64.2 Å². The fourth-order valence-electron chi connectivity index (χ4n) is 3.68. The van der Waals surface area contributed by atoms with Crippen LogP contribution >= 0.6 is 11.3 Å². The number of aryl methyl sites for hydroxylation is 1. The minimum absolute atomic E-state index is 0.00786. The van der Waals surface area contributed by atoms with Crippen LogP contribution in [0, 0.1) is 0 Å². The fourth-order valence-corrected chi connectivity index (χ4v) is 4.67. The van der Waals surface area contributed by atoms with Crippen LogP contribution in [0.1, 0.15) is 24.5 Å². The molecule has 0 atom stereocenters. The molecule has 4 heterocycles. The van der Waals surface area contributed by atoms with Crippen LogP contribution < -0.4 is 10.9 Å². The van der Waals surface area contributed by atoms with Crippen LogP contribution in [0.15, 0.2) is 41.5 Å². The first kappa shape index (κ1) is 15.7. The van der Waals surface area contributed by atoms with Crippen molar-refractivity contribution in [2.45, 2.75) is 18.8 Å². The van der Waals surface area contributed by atoms with Crippen molar-refractivity contribution >= 4 is 27.2 Å². The molecular weight excluding hydrogens is 346 g/mol. The van der Waals surface area contributed by atoms with Gasteiger partial charge in [-0.25, -0.2) is 4.98 Å². The molecule has 0 saturated carbocycles. The van der Waals surface area contributed by atoms with E-state index >= 15 is 0 Å². The third kappa shape index (κ3) is 2.64. The van der Waals surface area contributed by atoms with E-state index in [1.54, 1.807) is 21.8 Å². The van der Waals surface area contributed by atoms with Crippen molar-refractivity contribution in [3.05, 3.63) is 52.7 Å². The number of rotatable bonds is 2. The summed E-state index contributed by atoms with van der Waals surface area (Å²) in [5.74, 6) is 0.381. The van der Waals surface area contributed by atoms with Gasteiger partial charge in [0.25, 0.3) is 5.56 Å². The van der Waals surface area contributed by atoms with Gasteiger partial charge < -0.3 is 5.32 Å². The number of aromatic nitrogens is 4. The van der Waals surface area contributed by atoms with Gasteiger partial charge in [0, 0.05) is 36.8 Å². The van der Waals surface area contributed by atoms with Crippen LogP contribution in [0.2, 0.25) is 0 Å². The van der Waals surface area contributed by atoms with Crippen LogP contribution in [0.4, 0.5) is 0 Å². The van der Waals surface area contributed by atoms with Crippen LogP contribution in [0.5, 0.6) is 0 Å². The Morgan fingerprint density at radius 2 is 2.04 bits per heavy atom. The summed E-state index contributed by atoms with van der Waals surface area (Å²) in [5, 5.41) is 8.87. The van der Waals surface area contributed by atoms with Crippen molar-refractivity contribution in [2.24, 2.45) is 7.05 Å². The first-order valence-electron chi connectivity index (χ1n) is 8.85. The van der Waals surface area contributed by atoms with E-state index in [0.717, 1.165) is 57.9 Å². The number of fused-ring (bicyclic) bond motifs is 2. The zero-order valence-electron chi connectivity index (χ0n) is 14.5. The maximum absolute atomic E-state index is 12.6. The highest BCUT2D eigenvalue weighted by atomic mass is 32.1. The summed E-state index contributed by atoms with van der Waals surface area (Å²) < 4.78 is 3.48. The Kier molecular flexibility index (Phi) is 3.65. The molecule has 5 rings (SSSR count). The molecule has 4 aromatic rings. The predicted octanol–water partition coefficient (Wildman–Crippen LogP) is 2.78. The Hall–Kier alpha value is -2.51. The van der Waals surface area contributed by atoms with E-state index < -0.39 is 0 Å². The van der Waals surface area contributed by atoms with Crippen LogP contribution in [-0.4, -0.2) is 32.3 Å². The second kappa shape index (κ2) is 6.03. The van der Waals surface area contributed by atoms with E-state index in [1.807, 2.05) is 30.2 Å². The standard InChI is InChI=1S/C19H19N5OS/c1-23-10-14-8-13(2-3-15(14)22-23)17-11-24-18(25)9-16(21-19(24)26-17)12-4-6-20-7-5-12/h2-3,8-12,20H,4-7H2,1H3. The molecule has 0 aliphatic carbocycles. The third-order valence-electron chi connectivity index (χ3n) is 5.05. The van der Waals surface area contributed by atoms with Crippen LogP contribution in [0.3, 0.4) is 0 Å². The minimum atomic E-state index is 0.00786. The van der Waals surface area contributed by atoms with E-state index in [-0.39, 0.29) is 5.56 Å².